The molecule has 0 aliphatic rings. The SMILES string of the molecule is CN(CC(=O)Nc1ccc(Cl)c(C(F)(F)F)c1)C(=O)c1ccc2c(=O)n(C)c(=O)n(C)c2n1. The molecule has 0 saturated carbocycles. The van der Waals surface area contributed by atoms with Gasteiger partial charge in [-0.2, -0.15) is 13.2 Å². The zero-order valence-electron chi connectivity index (χ0n) is 17.5. The summed E-state index contributed by atoms with van der Waals surface area (Å²) < 4.78 is 41.0. The Kier molecular flexibility index (Phi) is 6.32. The lowest BCUT2D eigenvalue weighted by Crippen LogP contribution is -2.38. The molecule has 0 aliphatic heterocycles. The zero-order chi connectivity index (χ0) is 24.7. The van der Waals surface area contributed by atoms with E-state index in [1.54, 1.807) is 0 Å². The third-order valence-electron chi connectivity index (χ3n) is 4.80. The van der Waals surface area contributed by atoms with Gasteiger partial charge in [0, 0.05) is 26.8 Å². The van der Waals surface area contributed by atoms with Gasteiger partial charge in [0.25, 0.3) is 11.5 Å². The molecule has 0 radical (unpaired) electrons. The fourth-order valence-electron chi connectivity index (χ4n) is 3.08. The Morgan fingerprint density at radius 2 is 1.79 bits per heavy atom. The van der Waals surface area contributed by atoms with Gasteiger partial charge in [0.15, 0.2) is 0 Å². The highest BCUT2D eigenvalue weighted by Gasteiger charge is 2.33. The summed E-state index contributed by atoms with van der Waals surface area (Å²) in [7, 11) is 4.00. The molecule has 3 rings (SSSR count). The number of nitrogens with one attached hydrogen (secondary N) is 1. The predicted octanol–water partition coefficient (Wildman–Crippen LogP) is 2.02. The smallest absolute Gasteiger partial charge is 0.331 e. The highest BCUT2D eigenvalue weighted by atomic mass is 35.5. The molecule has 0 aliphatic carbocycles. The zero-order valence-corrected chi connectivity index (χ0v) is 18.3. The Morgan fingerprint density at radius 1 is 1.12 bits per heavy atom. The van der Waals surface area contributed by atoms with Crippen LogP contribution < -0.4 is 16.6 Å². The lowest BCUT2D eigenvalue weighted by atomic mass is 10.2. The standard InChI is InChI=1S/C20H17ClF3N5O4/c1-27(9-15(30)25-10-4-6-13(21)12(8-10)20(22,23)24)18(32)14-7-5-11-16(26-14)28(2)19(33)29(3)17(11)31/h4-8H,9H2,1-3H3,(H,25,30). The normalized spacial score (nSPS) is 11.5. The number of alkyl halides is 3. The van der Waals surface area contributed by atoms with Gasteiger partial charge >= 0.3 is 11.9 Å². The summed E-state index contributed by atoms with van der Waals surface area (Å²) in [6.45, 7) is -0.502. The van der Waals surface area contributed by atoms with E-state index in [2.05, 4.69) is 10.3 Å². The molecule has 0 atom stereocenters. The number of aromatic nitrogens is 3. The van der Waals surface area contributed by atoms with Crippen LogP contribution in [0.3, 0.4) is 0 Å². The third kappa shape index (κ3) is 4.75. The molecular weight excluding hydrogens is 467 g/mol. The minimum Gasteiger partial charge on any atom is -0.331 e. The van der Waals surface area contributed by atoms with Crippen LogP contribution in [0.5, 0.6) is 0 Å². The van der Waals surface area contributed by atoms with E-state index in [1.807, 2.05) is 0 Å². The number of likely N-dealkylation sites (N-methyl/N-ethyl adjacent to an activating group) is 1. The number of carbonyl (C=O) groups excluding carboxylic acids is 2. The molecule has 2 aromatic heterocycles. The van der Waals surface area contributed by atoms with Crippen LogP contribution in [-0.4, -0.2) is 44.4 Å². The minimum absolute atomic E-state index is 0.00681. The highest BCUT2D eigenvalue weighted by Crippen LogP contribution is 2.36. The first-order chi connectivity index (χ1) is 15.3. The van der Waals surface area contributed by atoms with Crippen molar-refractivity contribution in [3.8, 4) is 0 Å². The van der Waals surface area contributed by atoms with Gasteiger partial charge in [0.1, 0.15) is 11.3 Å². The van der Waals surface area contributed by atoms with Crippen LogP contribution in [0.4, 0.5) is 18.9 Å². The molecule has 1 N–H and O–H groups in total. The molecule has 2 heterocycles. The second-order valence-corrected chi connectivity index (χ2v) is 7.58. The first-order valence-electron chi connectivity index (χ1n) is 9.30. The fraction of sp³-hybridized carbons (Fsp3) is 0.250. The van der Waals surface area contributed by atoms with Crippen molar-refractivity contribution in [1.82, 2.24) is 19.0 Å². The van der Waals surface area contributed by atoms with Gasteiger partial charge in [-0.1, -0.05) is 11.6 Å². The molecule has 3 aromatic rings. The number of hydrogen-bond donors (Lipinski definition) is 1. The number of fused-ring (bicyclic) bond motifs is 1. The number of pyridine rings is 1. The number of hydrogen-bond acceptors (Lipinski definition) is 5. The molecular formula is C20H17ClF3N5O4. The van der Waals surface area contributed by atoms with Crippen molar-refractivity contribution >= 4 is 40.1 Å². The summed E-state index contributed by atoms with van der Waals surface area (Å²) in [5.74, 6) is -1.46. The number of carbonyl (C=O) groups is 2. The molecule has 0 fully saturated rings. The van der Waals surface area contributed by atoms with Crippen molar-refractivity contribution in [3.05, 3.63) is 67.4 Å². The number of amides is 2. The van der Waals surface area contributed by atoms with E-state index in [9.17, 15) is 32.3 Å². The monoisotopic (exact) mass is 483 g/mol. The Balaban J connectivity index is 1.80. The third-order valence-corrected chi connectivity index (χ3v) is 5.13. The Hall–Kier alpha value is -3.67. The second-order valence-electron chi connectivity index (χ2n) is 7.18. The van der Waals surface area contributed by atoms with Crippen LogP contribution in [0.15, 0.2) is 39.9 Å². The lowest BCUT2D eigenvalue weighted by Gasteiger charge is -2.17. The molecule has 0 bridgehead atoms. The van der Waals surface area contributed by atoms with Crippen molar-refractivity contribution in [2.75, 3.05) is 18.9 Å². The summed E-state index contributed by atoms with van der Waals surface area (Å²) in [4.78, 5) is 54.4. The van der Waals surface area contributed by atoms with E-state index in [-0.39, 0.29) is 22.4 Å². The topological polar surface area (TPSA) is 106 Å². The van der Waals surface area contributed by atoms with Crippen LogP contribution >= 0.6 is 11.6 Å². The van der Waals surface area contributed by atoms with Crippen molar-refractivity contribution in [1.29, 1.82) is 0 Å². The molecule has 2 amide bonds. The van der Waals surface area contributed by atoms with Crippen LogP contribution in [0.2, 0.25) is 5.02 Å². The molecule has 0 saturated heterocycles. The van der Waals surface area contributed by atoms with E-state index < -0.39 is 46.4 Å². The van der Waals surface area contributed by atoms with E-state index in [0.717, 1.165) is 20.1 Å². The Bertz CT molecular complexity index is 1400. The largest absolute Gasteiger partial charge is 0.417 e. The van der Waals surface area contributed by atoms with Crippen LogP contribution in [-0.2, 0) is 25.1 Å². The molecule has 0 unspecified atom stereocenters. The van der Waals surface area contributed by atoms with Gasteiger partial charge in [0.2, 0.25) is 5.91 Å². The quantitative estimate of drug-likeness (QED) is 0.611. The minimum atomic E-state index is -4.70. The molecule has 1 aromatic carbocycles. The molecule has 9 nitrogen and oxygen atoms in total. The van der Waals surface area contributed by atoms with Crippen molar-refractivity contribution in [2.45, 2.75) is 6.18 Å². The number of halogens is 4. The Labute approximate surface area is 189 Å². The summed E-state index contributed by atoms with van der Waals surface area (Å²) in [5, 5.41) is 1.89. The first kappa shape index (κ1) is 24.0. The summed E-state index contributed by atoms with van der Waals surface area (Å²) in [6.07, 6.45) is -4.70. The summed E-state index contributed by atoms with van der Waals surface area (Å²) in [6, 6.07) is 5.51. The van der Waals surface area contributed by atoms with Gasteiger partial charge in [-0.05, 0) is 30.3 Å². The molecule has 0 spiro atoms. The maximum atomic E-state index is 13.0. The highest BCUT2D eigenvalue weighted by molar-refractivity contribution is 6.31. The van der Waals surface area contributed by atoms with Gasteiger partial charge < -0.3 is 10.2 Å². The number of aryl methyl sites for hydroxylation is 1. The van der Waals surface area contributed by atoms with E-state index >= 15 is 0 Å². The van der Waals surface area contributed by atoms with Crippen molar-refractivity contribution in [3.63, 3.8) is 0 Å². The van der Waals surface area contributed by atoms with Crippen molar-refractivity contribution < 1.29 is 22.8 Å². The maximum absolute atomic E-state index is 13.0. The molecule has 174 valence electrons. The van der Waals surface area contributed by atoms with Gasteiger partial charge in [-0.3, -0.25) is 23.5 Å². The number of rotatable bonds is 4. The average Bonchev–Trinajstić information content (AvgIpc) is 2.75. The second kappa shape index (κ2) is 8.70. The van der Waals surface area contributed by atoms with Crippen LogP contribution in [0, 0.1) is 0 Å². The van der Waals surface area contributed by atoms with E-state index in [0.29, 0.717) is 6.07 Å². The average molecular weight is 484 g/mol. The molecule has 13 heteroatoms. The van der Waals surface area contributed by atoms with Gasteiger partial charge in [-0.25, -0.2) is 9.78 Å². The van der Waals surface area contributed by atoms with E-state index in [1.165, 1.54) is 39.3 Å². The number of benzene rings is 1. The maximum Gasteiger partial charge on any atom is 0.417 e. The number of anilines is 1. The van der Waals surface area contributed by atoms with E-state index in [4.69, 9.17) is 11.6 Å². The summed E-state index contributed by atoms with van der Waals surface area (Å²) in [5.41, 5.74) is -2.60. The lowest BCUT2D eigenvalue weighted by molar-refractivity contribution is -0.137. The predicted molar refractivity (Wildman–Crippen MR) is 114 cm³/mol. The fourth-order valence-corrected chi connectivity index (χ4v) is 3.30. The van der Waals surface area contributed by atoms with Gasteiger partial charge in [0.05, 0.1) is 22.5 Å². The number of nitrogens with zero attached hydrogens (tertiary/aromatic N) is 4. The van der Waals surface area contributed by atoms with Crippen molar-refractivity contribution in [2.24, 2.45) is 14.1 Å². The van der Waals surface area contributed by atoms with Crippen LogP contribution in [0.25, 0.3) is 11.0 Å². The van der Waals surface area contributed by atoms with Crippen LogP contribution in [0.1, 0.15) is 16.1 Å². The van der Waals surface area contributed by atoms with Gasteiger partial charge in [-0.15, -0.1) is 0 Å². The summed E-state index contributed by atoms with van der Waals surface area (Å²) >= 11 is 5.56. The molecule has 33 heavy (non-hydrogen) atoms. The first-order valence-corrected chi connectivity index (χ1v) is 9.68. The Morgan fingerprint density at radius 3 is 2.42 bits per heavy atom.